The summed E-state index contributed by atoms with van der Waals surface area (Å²) in [6.07, 6.45) is 0.735. The van der Waals surface area contributed by atoms with Crippen molar-refractivity contribution in [3.05, 3.63) is 24.0 Å². The van der Waals surface area contributed by atoms with E-state index in [1.807, 2.05) is 25.1 Å². The van der Waals surface area contributed by atoms with Gasteiger partial charge in [0.05, 0.1) is 0 Å². The Hall–Kier alpha value is -3.03. The SMILES string of the molecule is Cc1nc(Nc2ccc3c(c2)OCCO3)c2c(n1)NC(CC(C)C)C(=O)N2. The lowest BCUT2D eigenvalue weighted by Gasteiger charge is -2.28. The fourth-order valence-electron chi connectivity index (χ4n) is 3.22. The van der Waals surface area contributed by atoms with Gasteiger partial charge in [0, 0.05) is 11.8 Å². The number of aryl methyl sites for hydroxylation is 1. The molecule has 1 aromatic carbocycles. The van der Waals surface area contributed by atoms with E-state index in [0.29, 0.717) is 48.0 Å². The van der Waals surface area contributed by atoms with Crippen LogP contribution in [0.1, 0.15) is 26.1 Å². The van der Waals surface area contributed by atoms with Crippen molar-refractivity contribution in [3.63, 3.8) is 0 Å². The standard InChI is InChI=1S/C19H23N5O3/c1-10(2)8-13-19(25)24-16-17(20-11(3)21-18(16)23-13)22-12-4-5-14-15(9-12)27-7-6-26-14/h4-5,9-10,13H,6-8H2,1-3H3,(H,24,25)(H2,20,21,22,23). The number of ether oxygens (including phenoxy) is 2. The number of aromatic nitrogens is 2. The molecule has 1 aromatic heterocycles. The van der Waals surface area contributed by atoms with Gasteiger partial charge < -0.3 is 25.4 Å². The minimum Gasteiger partial charge on any atom is -0.486 e. The molecule has 0 bridgehead atoms. The third kappa shape index (κ3) is 3.60. The monoisotopic (exact) mass is 369 g/mol. The average Bonchev–Trinajstić information content (AvgIpc) is 2.62. The van der Waals surface area contributed by atoms with E-state index in [2.05, 4.69) is 39.8 Å². The van der Waals surface area contributed by atoms with E-state index in [1.54, 1.807) is 0 Å². The molecule has 1 amide bonds. The molecule has 8 heteroatoms. The second kappa shape index (κ2) is 6.94. The molecule has 27 heavy (non-hydrogen) atoms. The van der Waals surface area contributed by atoms with Gasteiger partial charge in [-0.05, 0) is 31.4 Å². The molecule has 0 spiro atoms. The molecule has 4 rings (SSSR count). The second-order valence-electron chi connectivity index (χ2n) is 7.14. The van der Waals surface area contributed by atoms with Gasteiger partial charge in [0.1, 0.15) is 30.8 Å². The summed E-state index contributed by atoms with van der Waals surface area (Å²) in [4.78, 5) is 21.4. The summed E-state index contributed by atoms with van der Waals surface area (Å²) < 4.78 is 11.2. The van der Waals surface area contributed by atoms with Gasteiger partial charge in [0.2, 0.25) is 5.91 Å². The van der Waals surface area contributed by atoms with Crippen molar-refractivity contribution in [2.45, 2.75) is 33.2 Å². The first-order valence-electron chi connectivity index (χ1n) is 9.12. The van der Waals surface area contributed by atoms with E-state index >= 15 is 0 Å². The number of carbonyl (C=O) groups is 1. The second-order valence-corrected chi connectivity index (χ2v) is 7.14. The Labute approximate surface area is 157 Å². The van der Waals surface area contributed by atoms with Crippen molar-refractivity contribution < 1.29 is 14.3 Å². The van der Waals surface area contributed by atoms with Crippen LogP contribution in [0.3, 0.4) is 0 Å². The van der Waals surface area contributed by atoms with Crippen LogP contribution in [0.2, 0.25) is 0 Å². The number of benzene rings is 1. The van der Waals surface area contributed by atoms with E-state index in [1.165, 1.54) is 0 Å². The van der Waals surface area contributed by atoms with Gasteiger partial charge in [-0.15, -0.1) is 0 Å². The zero-order valence-corrected chi connectivity index (χ0v) is 15.6. The summed E-state index contributed by atoms with van der Waals surface area (Å²) in [6, 6.07) is 5.30. The number of rotatable bonds is 4. The number of amides is 1. The zero-order valence-electron chi connectivity index (χ0n) is 15.6. The fourth-order valence-corrected chi connectivity index (χ4v) is 3.22. The Morgan fingerprint density at radius 2 is 2.00 bits per heavy atom. The van der Waals surface area contributed by atoms with Crippen molar-refractivity contribution in [2.24, 2.45) is 5.92 Å². The molecule has 2 aromatic rings. The predicted molar refractivity (Wildman–Crippen MR) is 103 cm³/mol. The Morgan fingerprint density at radius 1 is 1.22 bits per heavy atom. The number of hydrogen-bond donors (Lipinski definition) is 3. The van der Waals surface area contributed by atoms with Crippen molar-refractivity contribution in [2.75, 3.05) is 29.2 Å². The van der Waals surface area contributed by atoms with Crippen LogP contribution in [0.4, 0.5) is 23.0 Å². The van der Waals surface area contributed by atoms with Crippen LogP contribution in [0.25, 0.3) is 0 Å². The van der Waals surface area contributed by atoms with Gasteiger partial charge in [-0.2, -0.15) is 0 Å². The van der Waals surface area contributed by atoms with Crippen LogP contribution < -0.4 is 25.4 Å². The minimum absolute atomic E-state index is 0.0751. The highest BCUT2D eigenvalue weighted by molar-refractivity contribution is 6.05. The highest BCUT2D eigenvalue weighted by Crippen LogP contribution is 2.37. The number of nitrogens with one attached hydrogen (secondary N) is 3. The molecule has 3 heterocycles. The van der Waals surface area contributed by atoms with E-state index in [0.717, 1.165) is 17.9 Å². The molecule has 0 aliphatic carbocycles. The molecule has 0 saturated heterocycles. The molecule has 3 N–H and O–H groups in total. The number of hydrogen-bond acceptors (Lipinski definition) is 7. The number of anilines is 4. The quantitative estimate of drug-likeness (QED) is 0.762. The largest absolute Gasteiger partial charge is 0.486 e. The van der Waals surface area contributed by atoms with Crippen LogP contribution in [0, 0.1) is 12.8 Å². The van der Waals surface area contributed by atoms with Gasteiger partial charge in [0.15, 0.2) is 23.1 Å². The van der Waals surface area contributed by atoms with E-state index < -0.39 is 0 Å². The fraction of sp³-hybridized carbons (Fsp3) is 0.421. The van der Waals surface area contributed by atoms with E-state index in [9.17, 15) is 4.79 Å². The molecule has 1 atom stereocenters. The first kappa shape index (κ1) is 17.4. The first-order valence-corrected chi connectivity index (χ1v) is 9.12. The zero-order chi connectivity index (χ0) is 19.0. The van der Waals surface area contributed by atoms with Gasteiger partial charge in [-0.3, -0.25) is 4.79 Å². The maximum Gasteiger partial charge on any atom is 0.247 e. The van der Waals surface area contributed by atoms with Crippen molar-refractivity contribution in [3.8, 4) is 11.5 Å². The van der Waals surface area contributed by atoms with Gasteiger partial charge in [-0.1, -0.05) is 13.8 Å². The lowest BCUT2D eigenvalue weighted by Crippen LogP contribution is -2.40. The maximum atomic E-state index is 12.5. The predicted octanol–water partition coefficient (Wildman–Crippen LogP) is 3.08. The number of carbonyl (C=O) groups excluding carboxylic acids is 1. The number of fused-ring (bicyclic) bond motifs is 2. The van der Waals surface area contributed by atoms with Gasteiger partial charge in [-0.25, -0.2) is 9.97 Å². The Bertz CT molecular complexity index is 884. The summed E-state index contributed by atoms with van der Waals surface area (Å²) in [5.74, 6) is 3.51. The maximum absolute atomic E-state index is 12.5. The Kier molecular flexibility index (Phi) is 4.47. The lowest BCUT2D eigenvalue weighted by molar-refractivity contribution is -0.117. The summed E-state index contributed by atoms with van der Waals surface area (Å²) >= 11 is 0. The Balaban J connectivity index is 1.63. The highest BCUT2D eigenvalue weighted by Gasteiger charge is 2.29. The minimum atomic E-state index is -0.297. The summed E-state index contributed by atoms with van der Waals surface area (Å²) in [7, 11) is 0. The molecule has 0 radical (unpaired) electrons. The third-order valence-electron chi connectivity index (χ3n) is 4.41. The van der Waals surface area contributed by atoms with Gasteiger partial charge in [0.25, 0.3) is 0 Å². The van der Waals surface area contributed by atoms with Crippen LogP contribution in [0.15, 0.2) is 18.2 Å². The summed E-state index contributed by atoms with van der Waals surface area (Å²) in [5, 5.41) is 9.45. The molecule has 2 aliphatic heterocycles. The van der Waals surface area contributed by atoms with Gasteiger partial charge >= 0.3 is 0 Å². The van der Waals surface area contributed by atoms with Crippen molar-refractivity contribution in [1.29, 1.82) is 0 Å². The highest BCUT2D eigenvalue weighted by atomic mass is 16.6. The summed E-state index contributed by atoms with van der Waals surface area (Å²) in [6.45, 7) is 7.07. The topological polar surface area (TPSA) is 97.4 Å². The lowest BCUT2D eigenvalue weighted by atomic mass is 10.0. The smallest absolute Gasteiger partial charge is 0.247 e. The molecule has 8 nitrogen and oxygen atoms in total. The van der Waals surface area contributed by atoms with Crippen LogP contribution in [-0.4, -0.2) is 35.1 Å². The molecular weight excluding hydrogens is 346 g/mol. The van der Waals surface area contributed by atoms with Crippen LogP contribution >= 0.6 is 0 Å². The first-order chi connectivity index (χ1) is 13.0. The molecule has 2 aliphatic rings. The van der Waals surface area contributed by atoms with Crippen molar-refractivity contribution >= 4 is 28.9 Å². The Morgan fingerprint density at radius 3 is 2.78 bits per heavy atom. The molecule has 0 fully saturated rings. The van der Waals surface area contributed by atoms with Crippen molar-refractivity contribution in [1.82, 2.24) is 9.97 Å². The normalized spacial score (nSPS) is 17.8. The average molecular weight is 369 g/mol. The summed E-state index contributed by atoms with van der Waals surface area (Å²) in [5.41, 5.74) is 1.35. The number of nitrogens with zero attached hydrogens (tertiary/aromatic N) is 2. The molecule has 0 saturated carbocycles. The van der Waals surface area contributed by atoms with E-state index in [4.69, 9.17) is 9.47 Å². The third-order valence-corrected chi connectivity index (χ3v) is 4.41. The van der Waals surface area contributed by atoms with E-state index in [-0.39, 0.29) is 11.9 Å². The molecule has 1 unspecified atom stereocenters. The molecule has 142 valence electrons. The molecular formula is C19H23N5O3. The van der Waals surface area contributed by atoms with Crippen LogP contribution in [0.5, 0.6) is 11.5 Å². The van der Waals surface area contributed by atoms with Crippen LogP contribution in [-0.2, 0) is 4.79 Å².